The zero-order valence-electron chi connectivity index (χ0n) is 17.2. The van der Waals surface area contributed by atoms with Gasteiger partial charge in [0.25, 0.3) is 5.91 Å². The lowest BCUT2D eigenvalue weighted by molar-refractivity contribution is -0.127. The third kappa shape index (κ3) is 6.27. The van der Waals surface area contributed by atoms with Gasteiger partial charge in [0.15, 0.2) is 6.61 Å². The minimum atomic E-state index is -0.661. The summed E-state index contributed by atoms with van der Waals surface area (Å²) in [6.45, 7) is 2.08. The summed E-state index contributed by atoms with van der Waals surface area (Å²) in [6.07, 6.45) is 1.62. The molecule has 3 aromatic rings. The number of carbonyl (C=O) groups is 3. The zero-order valence-corrected chi connectivity index (χ0v) is 17.2. The van der Waals surface area contributed by atoms with E-state index in [4.69, 9.17) is 4.74 Å². The summed E-state index contributed by atoms with van der Waals surface area (Å²) < 4.78 is 6.84. The Morgan fingerprint density at radius 2 is 1.61 bits per heavy atom. The number of amides is 2. The summed E-state index contributed by atoms with van der Waals surface area (Å²) in [6, 6.07) is 19.0. The standard InChI is InChI=1S/C23H24N4O4/c1-2-24-20(28)13-25-21(29)16-31-23(30)19-15-27(14-17-9-5-3-6-10-17)26-22(19)18-11-7-4-8-12-18/h3-12,15H,2,13-14,16H2,1H3,(H,24,28)(H,25,29). The molecule has 0 bridgehead atoms. The molecule has 0 aliphatic heterocycles. The van der Waals surface area contributed by atoms with Crippen molar-refractivity contribution in [2.45, 2.75) is 13.5 Å². The summed E-state index contributed by atoms with van der Waals surface area (Å²) in [5.74, 6) is -1.53. The molecule has 0 aliphatic rings. The Morgan fingerprint density at radius 1 is 0.935 bits per heavy atom. The predicted octanol–water partition coefficient (Wildman–Crippen LogP) is 2.01. The molecule has 0 aliphatic carbocycles. The van der Waals surface area contributed by atoms with Crippen molar-refractivity contribution in [3.8, 4) is 11.3 Å². The van der Waals surface area contributed by atoms with Gasteiger partial charge in [0.1, 0.15) is 11.3 Å². The molecule has 0 spiro atoms. The maximum atomic E-state index is 12.7. The van der Waals surface area contributed by atoms with Crippen LogP contribution in [0.1, 0.15) is 22.8 Å². The number of hydrogen-bond donors (Lipinski definition) is 2. The fraction of sp³-hybridized carbons (Fsp3) is 0.217. The Balaban J connectivity index is 1.71. The van der Waals surface area contributed by atoms with Gasteiger partial charge in [-0.3, -0.25) is 14.3 Å². The van der Waals surface area contributed by atoms with E-state index in [1.54, 1.807) is 17.8 Å². The number of likely N-dealkylation sites (N-methyl/N-ethyl adjacent to an activating group) is 1. The number of aromatic nitrogens is 2. The molecule has 3 rings (SSSR count). The van der Waals surface area contributed by atoms with Gasteiger partial charge in [-0.05, 0) is 12.5 Å². The molecule has 0 saturated heterocycles. The summed E-state index contributed by atoms with van der Waals surface area (Å²) in [5.41, 5.74) is 2.54. The van der Waals surface area contributed by atoms with Gasteiger partial charge in [-0.25, -0.2) is 4.79 Å². The van der Waals surface area contributed by atoms with E-state index >= 15 is 0 Å². The number of hydrogen-bond acceptors (Lipinski definition) is 5. The van der Waals surface area contributed by atoms with Gasteiger partial charge in [0.2, 0.25) is 5.91 Å². The van der Waals surface area contributed by atoms with Crippen molar-refractivity contribution in [3.63, 3.8) is 0 Å². The quantitative estimate of drug-likeness (QED) is 0.516. The summed E-state index contributed by atoms with van der Waals surface area (Å²) in [5, 5.41) is 9.54. The number of nitrogens with one attached hydrogen (secondary N) is 2. The fourth-order valence-corrected chi connectivity index (χ4v) is 2.93. The molecule has 1 heterocycles. The molecule has 0 unspecified atom stereocenters. The van der Waals surface area contributed by atoms with E-state index in [0.29, 0.717) is 18.8 Å². The van der Waals surface area contributed by atoms with Crippen LogP contribution in [0.3, 0.4) is 0 Å². The molecule has 2 N–H and O–H groups in total. The SMILES string of the molecule is CCNC(=O)CNC(=O)COC(=O)c1cn(Cc2ccccc2)nc1-c1ccccc1. The minimum Gasteiger partial charge on any atom is -0.452 e. The lowest BCUT2D eigenvalue weighted by atomic mass is 10.1. The lowest BCUT2D eigenvalue weighted by Crippen LogP contribution is -2.38. The van der Waals surface area contributed by atoms with Gasteiger partial charge in [-0.2, -0.15) is 5.10 Å². The molecule has 160 valence electrons. The average molecular weight is 420 g/mol. The highest BCUT2D eigenvalue weighted by Gasteiger charge is 2.20. The van der Waals surface area contributed by atoms with E-state index in [9.17, 15) is 14.4 Å². The molecular formula is C23H24N4O4. The van der Waals surface area contributed by atoms with E-state index in [2.05, 4.69) is 15.7 Å². The molecule has 0 radical (unpaired) electrons. The normalized spacial score (nSPS) is 10.4. The molecule has 8 nitrogen and oxygen atoms in total. The van der Waals surface area contributed by atoms with Crippen LogP contribution in [-0.2, 0) is 20.9 Å². The number of nitrogens with zero attached hydrogens (tertiary/aromatic N) is 2. The van der Waals surface area contributed by atoms with Crippen LogP contribution >= 0.6 is 0 Å². The van der Waals surface area contributed by atoms with E-state index in [1.165, 1.54) is 0 Å². The highest BCUT2D eigenvalue weighted by molar-refractivity contribution is 5.97. The Labute approximate surface area is 180 Å². The van der Waals surface area contributed by atoms with Crippen LogP contribution in [0.4, 0.5) is 0 Å². The fourth-order valence-electron chi connectivity index (χ4n) is 2.93. The first kappa shape index (κ1) is 21.8. The third-order valence-corrected chi connectivity index (χ3v) is 4.37. The van der Waals surface area contributed by atoms with E-state index < -0.39 is 18.5 Å². The molecule has 1 aromatic heterocycles. The Hall–Kier alpha value is -3.94. The van der Waals surface area contributed by atoms with Crippen molar-refractivity contribution in [2.75, 3.05) is 19.7 Å². The Bertz CT molecular complexity index is 1030. The van der Waals surface area contributed by atoms with E-state index in [-0.39, 0.29) is 18.0 Å². The van der Waals surface area contributed by atoms with Crippen LogP contribution < -0.4 is 10.6 Å². The molecule has 31 heavy (non-hydrogen) atoms. The second-order valence-electron chi connectivity index (χ2n) is 6.75. The monoisotopic (exact) mass is 420 g/mol. The molecular weight excluding hydrogens is 396 g/mol. The summed E-state index contributed by atoms with van der Waals surface area (Å²) >= 11 is 0. The van der Waals surface area contributed by atoms with Crippen molar-refractivity contribution in [1.29, 1.82) is 0 Å². The van der Waals surface area contributed by atoms with Gasteiger partial charge < -0.3 is 15.4 Å². The second kappa shape index (κ2) is 10.7. The van der Waals surface area contributed by atoms with Gasteiger partial charge in [-0.15, -0.1) is 0 Å². The third-order valence-electron chi connectivity index (χ3n) is 4.37. The Kier molecular flexibility index (Phi) is 7.53. The van der Waals surface area contributed by atoms with Crippen molar-refractivity contribution in [3.05, 3.63) is 78.0 Å². The maximum Gasteiger partial charge on any atom is 0.342 e. The highest BCUT2D eigenvalue weighted by Crippen LogP contribution is 2.23. The first-order chi connectivity index (χ1) is 15.1. The molecule has 2 amide bonds. The maximum absolute atomic E-state index is 12.7. The predicted molar refractivity (Wildman–Crippen MR) is 115 cm³/mol. The summed E-state index contributed by atoms with van der Waals surface area (Å²) in [7, 11) is 0. The Morgan fingerprint density at radius 3 is 2.29 bits per heavy atom. The largest absolute Gasteiger partial charge is 0.452 e. The van der Waals surface area contributed by atoms with Gasteiger partial charge in [-0.1, -0.05) is 60.7 Å². The van der Waals surface area contributed by atoms with Crippen LogP contribution in [0.2, 0.25) is 0 Å². The number of esters is 1. The molecule has 0 fully saturated rings. The first-order valence-corrected chi connectivity index (χ1v) is 9.94. The van der Waals surface area contributed by atoms with E-state index in [0.717, 1.165) is 11.1 Å². The smallest absolute Gasteiger partial charge is 0.342 e. The van der Waals surface area contributed by atoms with Crippen LogP contribution in [0, 0.1) is 0 Å². The highest BCUT2D eigenvalue weighted by atomic mass is 16.5. The van der Waals surface area contributed by atoms with Crippen molar-refractivity contribution < 1.29 is 19.1 Å². The van der Waals surface area contributed by atoms with Crippen LogP contribution in [0.5, 0.6) is 0 Å². The number of ether oxygens (including phenoxy) is 1. The number of benzene rings is 2. The van der Waals surface area contributed by atoms with Crippen LogP contribution in [0.25, 0.3) is 11.3 Å². The number of carbonyl (C=O) groups excluding carboxylic acids is 3. The first-order valence-electron chi connectivity index (χ1n) is 9.94. The van der Waals surface area contributed by atoms with Crippen LogP contribution in [-0.4, -0.2) is 47.3 Å². The minimum absolute atomic E-state index is 0.172. The average Bonchev–Trinajstić information content (AvgIpc) is 3.21. The van der Waals surface area contributed by atoms with Crippen molar-refractivity contribution in [2.24, 2.45) is 0 Å². The topological polar surface area (TPSA) is 102 Å². The zero-order chi connectivity index (χ0) is 22.1. The van der Waals surface area contributed by atoms with Gasteiger partial charge in [0.05, 0.1) is 13.1 Å². The molecule has 0 saturated carbocycles. The molecule has 2 aromatic carbocycles. The van der Waals surface area contributed by atoms with Gasteiger partial charge in [0, 0.05) is 18.3 Å². The molecule has 8 heteroatoms. The second-order valence-corrected chi connectivity index (χ2v) is 6.75. The lowest BCUT2D eigenvalue weighted by Gasteiger charge is -2.07. The molecule has 0 atom stereocenters. The van der Waals surface area contributed by atoms with Gasteiger partial charge >= 0.3 is 5.97 Å². The summed E-state index contributed by atoms with van der Waals surface area (Å²) in [4.78, 5) is 36.0. The van der Waals surface area contributed by atoms with Crippen LogP contribution in [0.15, 0.2) is 66.9 Å². The van der Waals surface area contributed by atoms with E-state index in [1.807, 2.05) is 60.7 Å². The van der Waals surface area contributed by atoms with Crippen molar-refractivity contribution in [1.82, 2.24) is 20.4 Å². The number of rotatable bonds is 9. The van der Waals surface area contributed by atoms with Crippen molar-refractivity contribution >= 4 is 17.8 Å².